The second kappa shape index (κ2) is 5.90. The number of benzene rings is 1. The fourth-order valence-electron chi connectivity index (χ4n) is 1.75. The van der Waals surface area contributed by atoms with Crippen LogP contribution in [-0.4, -0.2) is 11.2 Å². The summed E-state index contributed by atoms with van der Waals surface area (Å²) in [6.45, 7) is 8.03. The van der Waals surface area contributed by atoms with Crippen molar-refractivity contribution in [2.24, 2.45) is 0 Å². The molecular formula is C14H22O2. The summed E-state index contributed by atoms with van der Waals surface area (Å²) >= 11 is 0. The number of aliphatic hydroxyl groups is 1. The molecule has 0 bridgehead atoms. The molecule has 2 heteroatoms. The first-order valence-electron chi connectivity index (χ1n) is 5.99. The Balaban J connectivity index is 2.75. The fraction of sp³-hybridized carbons (Fsp3) is 0.571. The molecule has 0 amide bonds. The number of ether oxygens (including phenoxy) is 1. The van der Waals surface area contributed by atoms with Crippen LogP contribution in [-0.2, 0) is 0 Å². The van der Waals surface area contributed by atoms with Crippen molar-refractivity contribution in [1.82, 2.24) is 0 Å². The summed E-state index contributed by atoms with van der Waals surface area (Å²) in [5.41, 5.74) is 2.02. The van der Waals surface area contributed by atoms with Crippen LogP contribution in [0.1, 0.15) is 50.8 Å². The van der Waals surface area contributed by atoms with Crippen molar-refractivity contribution in [2.45, 2.75) is 52.7 Å². The highest BCUT2D eigenvalue weighted by molar-refractivity contribution is 5.37. The van der Waals surface area contributed by atoms with Crippen LogP contribution in [0.2, 0.25) is 0 Å². The Hall–Kier alpha value is -1.02. The van der Waals surface area contributed by atoms with E-state index in [-0.39, 0.29) is 6.10 Å². The molecule has 1 N–H and O–H groups in total. The van der Waals surface area contributed by atoms with Gasteiger partial charge in [-0.25, -0.2) is 0 Å². The molecule has 90 valence electrons. The number of hydrogen-bond acceptors (Lipinski definition) is 2. The summed E-state index contributed by atoms with van der Waals surface area (Å²) in [6.07, 6.45) is 2.03. The maximum Gasteiger partial charge on any atom is 0.122 e. The molecule has 0 heterocycles. The first kappa shape index (κ1) is 13.0. The molecule has 0 aromatic heterocycles. The van der Waals surface area contributed by atoms with Crippen LogP contribution in [0.5, 0.6) is 5.75 Å². The van der Waals surface area contributed by atoms with Gasteiger partial charge in [-0.2, -0.15) is 0 Å². The van der Waals surface area contributed by atoms with Gasteiger partial charge in [-0.1, -0.05) is 19.4 Å². The van der Waals surface area contributed by atoms with Crippen LogP contribution in [0.4, 0.5) is 0 Å². The minimum Gasteiger partial charge on any atom is -0.490 e. The van der Waals surface area contributed by atoms with Crippen molar-refractivity contribution in [2.75, 3.05) is 0 Å². The van der Waals surface area contributed by atoms with E-state index in [4.69, 9.17) is 4.74 Å². The van der Waals surface area contributed by atoms with Gasteiger partial charge in [0.25, 0.3) is 0 Å². The largest absolute Gasteiger partial charge is 0.490 e. The molecule has 0 saturated heterocycles. The first-order valence-corrected chi connectivity index (χ1v) is 5.99. The predicted octanol–water partition coefficient (Wildman–Crippen LogP) is 3.62. The standard InChI is InChI=1S/C14H22O2/c1-5-6-11(3)16-14-8-7-13(12(4)15)9-10(14)2/h7-9,11-12,15H,5-6H2,1-4H3. The van der Waals surface area contributed by atoms with E-state index in [1.807, 2.05) is 25.1 Å². The van der Waals surface area contributed by atoms with Crippen LogP contribution in [0.15, 0.2) is 18.2 Å². The minimum atomic E-state index is -0.416. The topological polar surface area (TPSA) is 29.5 Å². The minimum absolute atomic E-state index is 0.251. The van der Waals surface area contributed by atoms with Crippen LogP contribution in [0.3, 0.4) is 0 Å². The molecule has 1 aromatic rings. The van der Waals surface area contributed by atoms with Crippen LogP contribution >= 0.6 is 0 Å². The number of aliphatic hydroxyl groups excluding tert-OH is 1. The van der Waals surface area contributed by atoms with Crippen molar-refractivity contribution < 1.29 is 9.84 Å². The van der Waals surface area contributed by atoms with E-state index in [0.29, 0.717) is 0 Å². The van der Waals surface area contributed by atoms with Gasteiger partial charge in [-0.3, -0.25) is 0 Å². The maximum atomic E-state index is 9.46. The Morgan fingerprint density at radius 2 is 2.00 bits per heavy atom. The molecule has 16 heavy (non-hydrogen) atoms. The summed E-state index contributed by atoms with van der Waals surface area (Å²) in [5, 5.41) is 9.46. The van der Waals surface area contributed by atoms with Crippen molar-refractivity contribution in [3.63, 3.8) is 0 Å². The Morgan fingerprint density at radius 1 is 1.31 bits per heavy atom. The highest BCUT2D eigenvalue weighted by Gasteiger charge is 2.08. The molecule has 0 radical (unpaired) electrons. The second-order valence-electron chi connectivity index (χ2n) is 4.42. The highest BCUT2D eigenvalue weighted by Crippen LogP contribution is 2.24. The van der Waals surface area contributed by atoms with Crippen LogP contribution in [0, 0.1) is 6.92 Å². The van der Waals surface area contributed by atoms with E-state index in [1.165, 1.54) is 0 Å². The summed E-state index contributed by atoms with van der Waals surface area (Å²) in [7, 11) is 0. The molecule has 2 nitrogen and oxygen atoms in total. The molecule has 1 aromatic carbocycles. The lowest BCUT2D eigenvalue weighted by molar-refractivity contribution is 0.197. The fourth-order valence-corrected chi connectivity index (χ4v) is 1.75. The lowest BCUT2D eigenvalue weighted by Gasteiger charge is -2.16. The van der Waals surface area contributed by atoms with E-state index in [0.717, 1.165) is 29.7 Å². The average molecular weight is 222 g/mol. The Morgan fingerprint density at radius 3 is 2.50 bits per heavy atom. The van der Waals surface area contributed by atoms with E-state index in [9.17, 15) is 5.11 Å². The normalized spacial score (nSPS) is 14.6. The third kappa shape index (κ3) is 3.53. The van der Waals surface area contributed by atoms with E-state index < -0.39 is 6.10 Å². The number of aryl methyl sites for hydroxylation is 1. The van der Waals surface area contributed by atoms with Gasteiger partial charge in [0.05, 0.1) is 12.2 Å². The smallest absolute Gasteiger partial charge is 0.122 e. The average Bonchev–Trinajstić information content (AvgIpc) is 2.21. The van der Waals surface area contributed by atoms with Crippen molar-refractivity contribution in [3.05, 3.63) is 29.3 Å². The molecule has 1 rings (SSSR count). The van der Waals surface area contributed by atoms with Gasteiger partial charge >= 0.3 is 0 Å². The van der Waals surface area contributed by atoms with Gasteiger partial charge in [-0.15, -0.1) is 0 Å². The van der Waals surface area contributed by atoms with Crippen LogP contribution in [0.25, 0.3) is 0 Å². The van der Waals surface area contributed by atoms with Crippen LogP contribution < -0.4 is 4.74 Å². The van der Waals surface area contributed by atoms with Gasteiger partial charge in [0.2, 0.25) is 0 Å². The van der Waals surface area contributed by atoms with Crippen molar-refractivity contribution in [3.8, 4) is 5.75 Å². The molecule has 0 aliphatic carbocycles. The molecule has 0 spiro atoms. The maximum absolute atomic E-state index is 9.46. The van der Waals surface area contributed by atoms with Crippen molar-refractivity contribution >= 4 is 0 Å². The SMILES string of the molecule is CCCC(C)Oc1ccc(C(C)O)cc1C. The van der Waals surface area contributed by atoms with Gasteiger partial charge in [0.15, 0.2) is 0 Å². The third-order valence-corrected chi connectivity index (χ3v) is 2.70. The lowest BCUT2D eigenvalue weighted by Crippen LogP contribution is -2.11. The quantitative estimate of drug-likeness (QED) is 0.824. The van der Waals surface area contributed by atoms with E-state index >= 15 is 0 Å². The lowest BCUT2D eigenvalue weighted by atomic mass is 10.1. The van der Waals surface area contributed by atoms with Gasteiger partial charge in [0, 0.05) is 0 Å². The van der Waals surface area contributed by atoms with Gasteiger partial charge < -0.3 is 9.84 Å². The predicted molar refractivity (Wildman–Crippen MR) is 66.8 cm³/mol. The van der Waals surface area contributed by atoms with Gasteiger partial charge in [-0.05, 0) is 50.5 Å². The number of rotatable bonds is 5. The summed E-state index contributed by atoms with van der Waals surface area (Å²) in [5.74, 6) is 0.922. The summed E-state index contributed by atoms with van der Waals surface area (Å²) < 4.78 is 5.84. The summed E-state index contributed by atoms with van der Waals surface area (Å²) in [6, 6.07) is 5.86. The highest BCUT2D eigenvalue weighted by atomic mass is 16.5. The summed E-state index contributed by atoms with van der Waals surface area (Å²) in [4.78, 5) is 0. The van der Waals surface area contributed by atoms with Gasteiger partial charge in [0.1, 0.15) is 5.75 Å². The molecule has 0 aliphatic heterocycles. The first-order chi connectivity index (χ1) is 7.54. The Bertz CT molecular complexity index is 332. The van der Waals surface area contributed by atoms with E-state index in [2.05, 4.69) is 13.8 Å². The zero-order valence-corrected chi connectivity index (χ0v) is 10.7. The molecule has 0 fully saturated rings. The second-order valence-corrected chi connectivity index (χ2v) is 4.42. The monoisotopic (exact) mass is 222 g/mol. The molecular weight excluding hydrogens is 200 g/mol. The van der Waals surface area contributed by atoms with Crippen molar-refractivity contribution in [1.29, 1.82) is 0 Å². The molecule has 0 aliphatic rings. The zero-order valence-electron chi connectivity index (χ0n) is 10.7. The molecule has 0 saturated carbocycles. The van der Waals surface area contributed by atoms with E-state index in [1.54, 1.807) is 6.92 Å². The Labute approximate surface area is 98.3 Å². The molecule has 2 atom stereocenters. The third-order valence-electron chi connectivity index (χ3n) is 2.70. The number of hydrogen-bond donors (Lipinski definition) is 1. The zero-order chi connectivity index (χ0) is 12.1. The Kier molecular flexibility index (Phi) is 4.81. The molecule has 2 unspecified atom stereocenters.